The number of aliphatic hydroxyl groups excluding tert-OH is 1. The van der Waals surface area contributed by atoms with Crippen LogP contribution in [0.4, 0.5) is 0 Å². The molecule has 0 spiro atoms. The zero-order chi connectivity index (χ0) is 15.3. The van der Waals surface area contributed by atoms with Crippen molar-refractivity contribution in [1.82, 2.24) is 0 Å². The molecular formula is C14H16O6. The highest BCUT2D eigenvalue weighted by atomic mass is 16.5. The van der Waals surface area contributed by atoms with Crippen molar-refractivity contribution in [2.75, 3.05) is 6.61 Å². The van der Waals surface area contributed by atoms with Crippen LogP contribution >= 0.6 is 0 Å². The Hall–Kier alpha value is -2.21. The number of carbonyl (C=O) groups excluding carboxylic acids is 2. The summed E-state index contributed by atoms with van der Waals surface area (Å²) in [6, 6.07) is 3.93. The van der Waals surface area contributed by atoms with E-state index in [-0.39, 0.29) is 35.5 Å². The molecule has 0 aliphatic rings. The van der Waals surface area contributed by atoms with Crippen LogP contribution in [0.5, 0.6) is 0 Å². The fraction of sp³-hybridized carbons (Fsp3) is 0.357. The lowest BCUT2D eigenvalue weighted by Crippen LogP contribution is -2.17. The van der Waals surface area contributed by atoms with Crippen molar-refractivity contribution in [3.8, 4) is 0 Å². The highest BCUT2D eigenvalue weighted by Crippen LogP contribution is 2.22. The largest absolute Gasteiger partial charge is 0.479 e. The molecule has 1 unspecified atom stereocenters. The standard InChI is InChI=1S/C14H16O6/c1-3-11(15)8-5-6-9(14(19)20-4-2)10(7-8)12(16)13(17)18/h5-7,12,16H,3-4H2,1-2H3,(H,17,18). The van der Waals surface area contributed by atoms with Gasteiger partial charge in [-0.2, -0.15) is 0 Å². The normalized spacial score (nSPS) is 11.8. The molecule has 0 aliphatic heterocycles. The van der Waals surface area contributed by atoms with Crippen LogP contribution < -0.4 is 0 Å². The quantitative estimate of drug-likeness (QED) is 0.606. The number of hydrogen-bond donors (Lipinski definition) is 2. The zero-order valence-electron chi connectivity index (χ0n) is 11.3. The van der Waals surface area contributed by atoms with Gasteiger partial charge in [0.25, 0.3) is 0 Å². The molecule has 0 amide bonds. The van der Waals surface area contributed by atoms with Gasteiger partial charge in [-0.25, -0.2) is 9.59 Å². The van der Waals surface area contributed by atoms with Crippen LogP contribution in [0.25, 0.3) is 0 Å². The van der Waals surface area contributed by atoms with Gasteiger partial charge in [0.2, 0.25) is 0 Å². The number of benzene rings is 1. The number of carboxylic acids is 1. The van der Waals surface area contributed by atoms with E-state index < -0.39 is 18.0 Å². The Kier molecular flexibility index (Phi) is 5.40. The van der Waals surface area contributed by atoms with E-state index >= 15 is 0 Å². The zero-order valence-corrected chi connectivity index (χ0v) is 11.3. The maximum atomic E-state index is 11.7. The lowest BCUT2D eigenvalue weighted by molar-refractivity contribution is -0.146. The Bertz CT molecular complexity index is 534. The Labute approximate surface area is 116 Å². The first-order valence-corrected chi connectivity index (χ1v) is 6.17. The minimum Gasteiger partial charge on any atom is -0.479 e. The van der Waals surface area contributed by atoms with Crippen molar-refractivity contribution in [2.45, 2.75) is 26.4 Å². The highest BCUT2D eigenvalue weighted by molar-refractivity contribution is 5.99. The van der Waals surface area contributed by atoms with Crippen LogP contribution in [0.3, 0.4) is 0 Å². The monoisotopic (exact) mass is 280 g/mol. The summed E-state index contributed by atoms with van der Waals surface area (Å²) in [6.45, 7) is 3.39. The third-order valence-corrected chi connectivity index (χ3v) is 2.72. The lowest BCUT2D eigenvalue weighted by atomic mass is 9.97. The summed E-state index contributed by atoms with van der Waals surface area (Å²) < 4.78 is 4.80. The van der Waals surface area contributed by atoms with E-state index in [0.717, 1.165) is 0 Å². The summed E-state index contributed by atoms with van der Waals surface area (Å²) in [7, 11) is 0. The molecule has 6 heteroatoms. The number of esters is 1. The lowest BCUT2D eigenvalue weighted by Gasteiger charge is -2.13. The van der Waals surface area contributed by atoms with Crippen molar-refractivity contribution in [3.05, 3.63) is 34.9 Å². The van der Waals surface area contributed by atoms with E-state index in [4.69, 9.17) is 9.84 Å². The molecule has 20 heavy (non-hydrogen) atoms. The number of aliphatic hydroxyl groups is 1. The SMILES string of the molecule is CCOC(=O)c1ccc(C(=O)CC)cc1C(O)C(=O)O. The van der Waals surface area contributed by atoms with E-state index in [1.165, 1.54) is 18.2 Å². The minimum absolute atomic E-state index is 0.0607. The highest BCUT2D eigenvalue weighted by Gasteiger charge is 2.24. The number of hydrogen-bond acceptors (Lipinski definition) is 5. The molecule has 0 bridgehead atoms. The van der Waals surface area contributed by atoms with Gasteiger partial charge in [-0.3, -0.25) is 4.79 Å². The van der Waals surface area contributed by atoms with Gasteiger partial charge in [0.1, 0.15) is 0 Å². The van der Waals surface area contributed by atoms with E-state index in [1.54, 1.807) is 13.8 Å². The molecular weight excluding hydrogens is 264 g/mol. The molecule has 0 fully saturated rings. The van der Waals surface area contributed by atoms with E-state index in [2.05, 4.69) is 0 Å². The van der Waals surface area contributed by atoms with Gasteiger partial charge in [-0.1, -0.05) is 13.0 Å². The number of carbonyl (C=O) groups is 3. The second kappa shape index (κ2) is 6.81. The number of ether oxygens (including phenoxy) is 1. The van der Waals surface area contributed by atoms with E-state index in [0.29, 0.717) is 0 Å². The van der Waals surface area contributed by atoms with Crippen LogP contribution in [0.2, 0.25) is 0 Å². The van der Waals surface area contributed by atoms with Crippen LogP contribution in [0, 0.1) is 0 Å². The molecule has 6 nitrogen and oxygen atoms in total. The first kappa shape index (κ1) is 15.8. The molecule has 1 aromatic rings. The Balaban J connectivity index is 3.33. The van der Waals surface area contributed by atoms with Gasteiger partial charge in [0.05, 0.1) is 12.2 Å². The molecule has 1 aromatic carbocycles. The average molecular weight is 280 g/mol. The number of aliphatic carboxylic acids is 1. The number of ketones is 1. The van der Waals surface area contributed by atoms with Gasteiger partial charge in [-0.15, -0.1) is 0 Å². The van der Waals surface area contributed by atoms with Crippen LogP contribution in [0.1, 0.15) is 52.7 Å². The number of carboxylic acid groups (broad SMARTS) is 1. The third-order valence-electron chi connectivity index (χ3n) is 2.72. The first-order chi connectivity index (χ1) is 9.42. The van der Waals surface area contributed by atoms with Gasteiger partial charge in [-0.05, 0) is 19.1 Å². The van der Waals surface area contributed by atoms with Gasteiger partial charge in [0, 0.05) is 17.5 Å². The maximum Gasteiger partial charge on any atom is 0.338 e. The molecule has 0 aliphatic carbocycles. The van der Waals surface area contributed by atoms with Crippen LogP contribution in [0.15, 0.2) is 18.2 Å². The van der Waals surface area contributed by atoms with Crippen molar-refractivity contribution in [2.24, 2.45) is 0 Å². The van der Waals surface area contributed by atoms with Crippen molar-refractivity contribution >= 4 is 17.7 Å². The fourth-order valence-corrected chi connectivity index (χ4v) is 1.69. The number of rotatable bonds is 6. The summed E-state index contributed by atoms with van der Waals surface area (Å²) in [5, 5.41) is 18.5. The molecule has 0 aromatic heterocycles. The molecule has 0 heterocycles. The van der Waals surface area contributed by atoms with Gasteiger partial charge in [0.15, 0.2) is 11.9 Å². The third kappa shape index (κ3) is 3.42. The average Bonchev–Trinajstić information content (AvgIpc) is 2.45. The molecule has 0 saturated heterocycles. The summed E-state index contributed by atoms with van der Waals surface area (Å²) in [5.41, 5.74) is 0.0421. The summed E-state index contributed by atoms with van der Waals surface area (Å²) in [6.07, 6.45) is -1.65. The van der Waals surface area contributed by atoms with Gasteiger partial charge >= 0.3 is 11.9 Å². The Morgan fingerprint density at radius 3 is 2.40 bits per heavy atom. The molecule has 1 atom stereocenters. The maximum absolute atomic E-state index is 11.7. The van der Waals surface area contributed by atoms with E-state index in [1.807, 2.05) is 0 Å². The Morgan fingerprint density at radius 1 is 1.25 bits per heavy atom. The summed E-state index contributed by atoms with van der Waals surface area (Å²) in [4.78, 5) is 34.2. The second-order valence-corrected chi connectivity index (χ2v) is 4.04. The minimum atomic E-state index is -1.89. The topological polar surface area (TPSA) is 101 Å². The van der Waals surface area contributed by atoms with Crippen LogP contribution in [-0.4, -0.2) is 34.5 Å². The van der Waals surface area contributed by atoms with E-state index in [9.17, 15) is 19.5 Å². The molecule has 2 N–H and O–H groups in total. The predicted molar refractivity (Wildman–Crippen MR) is 69.6 cm³/mol. The van der Waals surface area contributed by atoms with Crippen molar-refractivity contribution in [1.29, 1.82) is 0 Å². The summed E-state index contributed by atoms with van der Waals surface area (Å²) in [5.74, 6) is -2.45. The molecule has 1 rings (SSSR count). The summed E-state index contributed by atoms with van der Waals surface area (Å²) >= 11 is 0. The molecule has 0 saturated carbocycles. The van der Waals surface area contributed by atoms with Crippen molar-refractivity contribution < 1.29 is 29.3 Å². The molecule has 108 valence electrons. The van der Waals surface area contributed by atoms with Gasteiger partial charge < -0.3 is 14.9 Å². The Morgan fingerprint density at radius 2 is 1.90 bits per heavy atom. The second-order valence-electron chi connectivity index (χ2n) is 4.04. The predicted octanol–water partition coefficient (Wildman–Crippen LogP) is 1.57. The number of Topliss-reactive ketones (excluding diaryl/α,β-unsaturated/α-hetero) is 1. The first-order valence-electron chi connectivity index (χ1n) is 6.17. The van der Waals surface area contributed by atoms with Crippen molar-refractivity contribution in [3.63, 3.8) is 0 Å². The molecule has 0 radical (unpaired) electrons. The smallest absolute Gasteiger partial charge is 0.338 e. The fourth-order valence-electron chi connectivity index (χ4n) is 1.69. The van der Waals surface area contributed by atoms with Crippen LogP contribution in [-0.2, 0) is 9.53 Å².